The lowest BCUT2D eigenvalue weighted by Crippen LogP contribution is -2.59. The van der Waals surface area contributed by atoms with E-state index >= 15 is 0 Å². The van der Waals surface area contributed by atoms with Crippen molar-refractivity contribution in [1.29, 1.82) is 0 Å². The molecule has 2 aromatic carbocycles. The average Bonchev–Trinajstić information content (AvgIpc) is 2.58. The normalized spacial score (nSPS) is 21.1. The molecule has 120 valence electrons. The summed E-state index contributed by atoms with van der Waals surface area (Å²) in [4.78, 5) is 4.76. The molecule has 0 bridgehead atoms. The third-order valence-corrected chi connectivity index (χ3v) is 4.70. The van der Waals surface area contributed by atoms with Gasteiger partial charge in [-0.2, -0.15) is 0 Å². The number of thiocarbonyl (C=S) groups is 1. The number of benzene rings is 2. The second kappa shape index (κ2) is 7.01. The summed E-state index contributed by atoms with van der Waals surface area (Å²) in [5, 5.41) is 4.16. The molecule has 0 spiro atoms. The van der Waals surface area contributed by atoms with Crippen LogP contribution in [0.4, 0.5) is 11.4 Å². The molecule has 4 heteroatoms. The zero-order chi connectivity index (χ0) is 16.2. The number of piperazine rings is 1. The molecule has 1 aliphatic rings. The van der Waals surface area contributed by atoms with Gasteiger partial charge in [0.05, 0.1) is 0 Å². The van der Waals surface area contributed by atoms with E-state index in [-0.39, 0.29) is 0 Å². The van der Waals surface area contributed by atoms with Crippen molar-refractivity contribution in [3.8, 4) is 0 Å². The number of anilines is 2. The molecule has 23 heavy (non-hydrogen) atoms. The molecule has 2 unspecified atom stereocenters. The lowest BCUT2D eigenvalue weighted by atomic mass is 10.1. The first-order valence-electron chi connectivity index (χ1n) is 8.09. The first-order chi connectivity index (χ1) is 11.1. The highest BCUT2D eigenvalue weighted by Crippen LogP contribution is 2.23. The molecular formula is C19H23N3S. The summed E-state index contributed by atoms with van der Waals surface area (Å²) in [6, 6.07) is 21.5. The first-order valence-corrected chi connectivity index (χ1v) is 8.50. The van der Waals surface area contributed by atoms with Crippen LogP contribution in [0.25, 0.3) is 0 Å². The molecule has 2 aromatic rings. The number of para-hydroxylation sites is 2. The molecule has 1 aliphatic heterocycles. The fraction of sp³-hybridized carbons (Fsp3) is 0.316. The van der Waals surface area contributed by atoms with Gasteiger partial charge in [-0.1, -0.05) is 36.4 Å². The number of hydrogen-bond donors (Lipinski definition) is 1. The van der Waals surface area contributed by atoms with Crippen molar-refractivity contribution in [2.45, 2.75) is 25.9 Å². The number of nitrogens with zero attached hydrogens (tertiary/aromatic N) is 2. The topological polar surface area (TPSA) is 18.5 Å². The monoisotopic (exact) mass is 325 g/mol. The zero-order valence-corrected chi connectivity index (χ0v) is 14.5. The van der Waals surface area contributed by atoms with Gasteiger partial charge in [-0.15, -0.1) is 0 Å². The Balaban J connectivity index is 1.68. The van der Waals surface area contributed by atoms with Crippen LogP contribution in [-0.4, -0.2) is 35.2 Å². The van der Waals surface area contributed by atoms with Crippen LogP contribution in [0.3, 0.4) is 0 Å². The maximum Gasteiger partial charge on any atom is 0.173 e. The molecule has 2 atom stereocenters. The molecule has 0 aliphatic carbocycles. The summed E-state index contributed by atoms with van der Waals surface area (Å²) in [7, 11) is 0. The Morgan fingerprint density at radius 3 is 2.17 bits per heavy atom. The molecule has 0 aromatic heterocycles. The molecule has 0 amide bonds. The lowest BCUT2D eigenvalue weighted by Gasteiger charge is -2.46. The molecule has 1 heterocycles. The summed E-state index contributed by atoms with van der Waals surface area (Å²) < 4.78 is 0. The van der Waals surface area contributed by atoms with Crippen LogP contribution < -0.4 is 10.2 Å². The highest BCUT2D eigenvalue weighted by atomic mass is 32.1. The Kier molecular flexibility index (Phi) is 4.82. The molecular weight excluding hydrogens is 302 g/mol. The standard InChI is InChI=1S/C19H23N3S/c1-15-14-22(19(23)20-17-9-5-3-6-10-17)16(2)13-21(15)18-11-7-4-8-12-18/h3-12,15-16H,13-14H2,1-2H3,(H,20,23). The van der Waals surface area contributed by atoms with Gasteiger partial charge in [0.15, 0.2) is 5.11 Å². The van der Waals surface area contributed by atoms with Crippen molar-refractivity contribution in [1.82, 2.24) is 4.90 Å². The summed E-state index contributed by atoms with van der Waals surface area (Å²) in [5.74, 6) is 0. The second-order valence-electron chi connectivity index (χ2n) is 6.13. The van der Waals surface area contributed by atoms with Crippen molar-refractivity contribution in [2.24, 2.45) is 0 Å². The molecule has 1 fully saturated rings. The van der Waals surface area contributed by atoms with Crippen LogP contribution in [0.5, 0.6) is 0 Å². The molecule has 1 saturated heterocycles. The summed E-state index contributed by atoms with van der Waals surface area (Å²) in [5.41, 5.74) is 2.33. The van der Waals surface area contributed by atoms with Crippen molar-refractivity contribution >= 4 is 28.7 Å². The number of nitrogens with one attached hydrogen (secondary N) is 1. The van der Waals surface area contributed by atoms with Crippen LogP contribution in [-0.2, 0) is 0 Å². The van der Waals surface area contributed by atoms with Gasteiger partial charge in [-0.25, -0.2) is 0 Å². The molecule has 3 rings (SSSR count). The predicted octanol–water partition coefficient (Wildman–Crippen LogP) is 3.98. The van der Waals surface area contributed by atoms with Gasteiger partial charge in [0, 0.05) is 36.5 Å². The van der Waals surface area contributed by atoms with Crippen molar-refractivity contribution < 1.29 is 0 Å². The quantitative estimate of drug-likeness (QED) is 0.841. The van der Waals surface area contributed by atoms with Crippen LogP contribution in [0.2, 0.25) is 0 Å². The van der Waals surface area contributed by atoms with E-state index in [9.17, 15) is 0 Å². The van der Waals surface area contributed by atoms with E-state index in [0.717, 1.165) is 23.9 Å². The molecule has 1 N–H and O–H groups in total. The van der Waals surface area contributed by atoms with Gasteiger partial charge in [0.1, 0.15) is 0 Å². The molecule has 3 nitrogen and oxygen atoms in total. The maximum atomic E-state index is 5.64. The Bertz CT molecular complexity index is 644. The fourth-order valence-electron chi connectivity index (χ4n) is 3.11. The third kappa shape index (κ3) is 3.64. The minimum Gasteiger partial charge on any atom is -0.365 e. The fourth-order valence-corrected chi connectivity index (χ4v) is 3.48. The SMILES string of the molecule is CC1CN(c2ccccc2)C(C)CN1C(=S)Nc1ccccc1. The van der Waals surface area contributed by atoms with E-state index in [1.54, 1.807) is 0 Å². The molecule has 0 radical (unpaired) electrons. The zero-order valence-electron chi connectivity index (χ0n) is 13.6. The molecule has 0 saturated carbocycles. The van der Waals surface area contributed by atoms with E-state index in [2.05, 4.69) is 59.3 Å². The largest absolute Gasteiger partial charge is 0.365 e. The first kappa shape index (κ1) is 15.8. The second-order valence-corrected chi connectivity index (χ2v) is 6.52. The Morgan fingerprint density at radius 2 is 1.52 bits per heavy atom. The van der Waals surface area contributed by atoms with Gasteiger partial charge < -0.3 is 15.1 Å². The van der Waals surface area contributed by atoms with Crippen LogP contribution in [0.15, 0.2) is 60.7 Å². The van der Waals surface area contributed by atoms with Gasteiger partial charge in [0.25, 0.3) is 0 Å². The Labute approximate surface area is 143 Å². The summed E-state index contributed by atoms with van der Waals surface area (Å²) >= 11 is 5.64. The van der Waals surface area contributed by atoms with Gasteiger partial charge in [-0.05, 0) is 50.3 Å². The van der Waals surface area contributed by atoms with Gasteiger partial charge >= 0.3 is 0 Å². The van der Waals surface area contributed by atoms with E-state index in [0.29, 0.717) is 12.1 Å². The minimum absolute atomic E-state index is 0.370. The van der Waals surface area contributed by atoms with Gasteiger partial charge in [0.2, 0.25) is 0 Å². The van der Waals surface area contributed by atoms with Crippen LogP contribution in [0.1, 0.15) is 13.8 Å². The highest BCUT2D eigenvalue weighted by molar-refractivity contribution is 7.80. The van der Waals surface area contributed by atoms with Crippen molar-refractivity contribution in [3.05, 3.63) is 60.7 Å². The summed E-state index contributed by atoms with van der Waals surface area (Å²) in [6.07, 6.45) is 0. The van der Waals surface area contributed by atoms with E-state index in [1.807, 2.05) is 30.3 Å². The van der Waals surface area contributed by atoms with E-state index in [1.165, 1.54) is 5.69 Å². The Hall–Kier alpha value is -2.07. The smallest absolute Gasteiger partial charge is 0.173 e. The van der Waals surface area contributed by atoms with E-state index < -0.39 is 0 Å². The summed E-state index contributed by atoms with van der Waals surface area (Å²) in [6.45, 7) is 6.40. The Morgan fingerprint density at radius 1 is 0.913 bits per heavy atom. The number of hydrogen-bond acceptors (Lipinski definition) is 2. The lowest BCUT2D eigenvalue weighted by molar-refractivity contribution is 0.267. The highest BCUT2D eigenvalue weighted by Gasteiger charge is 2.30. The van der Waals surface area contributed by atoms with Crippen LogP contribution >= 0.6 is 12.2 Å². The van der Waals surface area contributed by atoms with Crippen molar-refractivity contribution in [3.63, 3.8) is 0 Å². The van der Waals surface area contributed by atoms with E-state index in [4.69, 9.17) is 12.2 Å². The average molecular weight is 325 g/mol. The van der Waals surface area contributed by atoms with Crippen LogP contribution in [0, 0.1) is 0 Å². The number of rotatable bonds is 2. The van der Waals surface area contributed by atoms with Gasteiger partial charge in [-0.3, -0.25) is 0 Å². The predicted molar refractivity (Wildman–Crippen MR) is 102 cm³/mol. The van der Waals surface area contributed by atoms with Crippen molar-refractivity contribution in [2.75, 3.05) is 23.3 Å². The maximum absolute atomic E-state index is 5.64. The minimum atomic E-state index is 0.370. The third-order valence-electron chi connectivity index (χ3n) is 4.36.